The van der Waals surface area contributed by atoms with Gasteiger partial charge in [0.2, 0.25) is 0 Å². The number of rotatable bonds is 7. The number of aryl methyl sites for hydroxylation is 1. The number of methoxy groups -OCH3 is 1. The van der Waals surface area contributed by atoms with Crippen LogP contribution in [0.15, 0.2) is 18.2 Å². The molecule has 5 nitrogen and oxygen atoms in total. The SMILES string of the molecule is COCCN(CCO)c1ccc(C)cc1C(=O)O. The van der Waals surface area contributed by atoms with Crippen LogP contribution in [0.25, 0.3) is 0 Å². The summed E-state index contributed by atoms with van der Waals surface area (Å²) in [5.41, 5.74) is 1.76. The predicted molar refractivity (Wildman–Crippen MR) is 69.3 cm³/mol. The third kappa shape index (κ3) is 3.72. The number of hydrogen-bond acceptors (Lipinski definition) is 4. The van der Waals surface area contributed by atoms with Crippen molar-refractivity contribution in [3.63, 3.8) is 0 Å². The first-order valence-corrected chi connectivity index (χ1v) is 5.78. The van der Waals surface area contributed by atoms with E-state index in [2.05, 4.69) is 0 Å². The van der Waals surface area contributed by atoms with Gasteiger partial charge in [0.15, 0.2) is 0 Å². The van der Waals surface area contributed by atoms with E-state index in [-0.39, 0.29) is 12.2 Å². The number of hydrogen-bond donors (Lipinski definition) is 2. The second-order valence-electron chi connectivity index (χ2n) is 4.03. The van der Waals surface area contributed by atoms with Crippen molar-refractivity contribution in [1.82, 2.24) is 0 Å². The quantitative estimate of drug-likeness (QED) is 0.762. The maximum atomic E-state index is 11.2. The normalized spacial score (nSPS) is 10.4. The summed E-state index contributed by atoms with van der Waals surface area (Å²) in [4.78, 5) is 13.0. The Hall–Kier alpha value is -1.59. The molecule has 1 aromatic rings. The molecule has 1 rings (SSSR count). The maximum absolute atomic E-state index is 11.2. The van der Waals surface area contributed by atoms with Crippen LogP contribution in [0.2, 0.25) is 0 Å². The third-order valence-corrected chi connectivity index (χ3v) is 2.66. The van der Waals surface area contributed by atoms with Gasteiger partial charge in [-0.15, -0.1) is 0 Å². The topological polar surface area (TPSA) is 70.0 Å². The number of aliphatic hydroxyl groups excluding tert-OH is 1. The van der Waals surface area contributed by atoms with Gasteiger partial charge >= 0.3 is 5.97 Å². The van der Waals surface area contributed by atoms with E-state index in [4.69, 9.17) is 9.84 Å². The second-order valence-corrected chi connectivity index (χ2v) is 4.03. The van der Waals surface area contributed by atoms with Crippen LogP contribution in [-0.4, -0.2) is 49.6 Å². The molecular formula is C13H19NO4. The third-order valence-electron chi connectivity index (χ3n) is 2.66. The van der Waals surface area contributed by atoms with Crippen LogP contribution < -0.4 is 4.90 Å². The van der Waals surface area contributed by atoms with Crippen LogP contribution in [0.4, 0.5) is 5.69 Å². The predicted octanol–water partition coefficient (Wildman–Crippen LogP) is 1.14. The summed E-state index contributed by atoms with van der Waals surface area (Å²) in [6.07, 6.45) is 0. The molecule has 0 heterocycles. The van der Waals surface area contributed by atoms with E-state index in [9.17, 15) is 9.90 Å². The van der Waals surface area contributed by atoms with Gasteiger partial charge in [0, 0.05) is 20.2 Å². The van der Waals surface area contributed by atoms with Crippen LogP contribution in [0.5, 0.6) is 0 Å². The van der Waals surface area contributed by atoms with E-state index in [0.717, 1.165) is 5.56 Å². The van der Waals surface area contributed by atoms with Gasteiger partial charge in [0.1, 0.15) is 0 Å². The monoisotopic (exact) mass is 253 g/mol. The Labute approximate surface area is 107 Å². The number of ether oxygens (including phenoxy) is 1. The van der Waals surface area contributed by atoms with Gasteiger partial charge in [-0.3, -0.25) is 0 Å². The summed E-state index contributed by atoms with van der Waals surface area (Å²) in [6, 6.07) is 5.26. The first-order valence-electron chi connectivity index (χ1n) is 5.78. The molecule has 0 aromatic heterocycles. The number of anilines is 1. The lowest BCUT2D eigenvalue weighted by Gasteiger charge is -2.25. The minimum Gasteiger partial charge on any atom is -0.478 e. The molecule has 0 atom stereocenters. The smallest absolute Gasteiger partial charge is 0.337 e. The average molecular weight is 253 g/mol. The lowest BCUT2D eigenvalue weighted by Crippen LogP contribution is -2.31. The summed E-state index contributed by atoms with van der Waals surface area (Å²) in [6.45, 7) is 3.22. The van der Waals surface area contributed by atoms with Crippen molar-refractivity contribution in [2.45, 2.75) is 6.92 Å². The number of benzene rings is 1. The molecule has 0 unspecified atom stereocenters. The highest BCUT2D eigenvalue weighted by Gasteiger charge is 2.15. The van der Waals surface area contributed by atoms with Crippen molar-refractivity contribution in [3.05, 3.63) is 29.3 Å². The van der Waals surface area contributed by atoms with Gasteiger partial charge in [0.25, 0.3) is 0 Å². The Kier molecular flexibility index (Phi) is 5.61. The summed E-state index contributed by atoms with van der Waals surface area (Å²) in [5.74, 6) is -0.964. The van der Waals surface area contributed by atoms with Gasteiger partial charge in [-0.05, 0) is 19.1 Å². The summed E-state index contributed by atoms with van der Waals surface area (Å²) in [5, 5.41) is 18.3. The molecule has 0 aliphatic carbocycles. The Morgan fingerprint density at radius 2 is 2.11 bits per heavy atom. The van der Waals surface area contributed by atoms with Crippen molar-refractivity contribution in [2.24, 2.45) is 0 Å². The molecule has 18 heavy (non-hydrogen) atoms. The molecule has 0 spiro atoms. The highest BCUT2D eigenvalue weighted by molar-refractivity contribution is 5.94. The standard InChI is InChI=1S/C13H19NO4/c1-10-3-4-12(11(9-10)13(16)17)14(5-7-15)6-8-18-2/h3-4,9,15H,5-8H2,1-2H3,(H,16,17). The highest BCUT2D eigenvalue weighted by Crippen LogP contribution is 2.21. The Bertz CT molecular complexity index is 406. The Morgan fingerprint density at radius 3 is 2.67 bits per heavy atom. The molecule has 0 aliphatic heterocycles. The lowest BCUT2D eigenvalue weighted by atomic mass is 10.1. The molecule has 0 fully saturated rings. The number of carbonyl (C=O) groups is 1. The zero-order valence-electron chi connectivity index (χ0n) is 10.7. The molecule has 5 heteroatoms. The molecule has 100 valence electrons. The maximum Gasteiger partial charge on any atom is 0.337 e. The van der Waals surface area contributed by atoms with Crippen molar-refractivity contribution in [3.8, 4) is 0 Å². The molecule has 0 saturated heterocycles. The van der Waals surface area contributed by atoms with Crippen LogP contribution in [0.3, 0.4) is 0 Å². The zero-order valence-corrected chi connectivity index (χ0v) is 10.7. The molecule has 0 radical (unpaired) electrons. The van der Waals surface area contributed by atoms with E-state index < -0.39 is 5.97 Å². The largest absolute Gasteiger partial charge is 0.478 e. The minimum atomic E-state index is -0.964. The average Bonchev–Trinajstić information content (AvgIpc) is 2.34. The first-order chi connectivity index (χ1) is 8.60. The molecule has 0 bridgehead atoms. The lowest BCUT2D eigenvalue weighted by molar-refractivity contribution is 0.0697. The Morgan fingerprint density at radius 1 is 1.39 bits per heavy atom. The van der Waals surface area contributed by atoms with Gasteiger partial charge in [-0.1, -0.05) is 11.6 Å². The number of carboxylic acids is 1. The van der Waals surface area contributed by atoms with Crippen LogP contribution in [0, 0.1) is 6.92 Å². The summed E-state index contributed by atoms with van der Waals surface area (Å²) in [7, 11) is 1.59. The van der Waals surface area contributed by atoms with Crippen LogP contribution >= 0.6 is 0 Å². The van der Waals surface area contributed by atoms with Gasteiger partial charge in [0.05, 0.1) is 24.5 Å². The van der Waals surface area contributed by atoms with Crippen LogP contribution in [-0.2, 0) is 4.74 Å². The van der Waals surface area contributed by atoms with E-state index in [0.29, 0.717) is 25.4 Å². The molecule has 0 saturated carbocycles. The number of carboxylic acid groups (broad SMARTS) is 1. The van der Waals surface area contributed by atoms with Crippen molar-refractivity contribution in [1.29, 1.82) is 0 Å². The molecular weight excluding hydrogens is 234 g/mol. The summed E-state index contributed by atoms with van der Waals surface area (Å²) >= 11 is 0. The van der Waals surface area contributed by atoms with Crippen molar-refractivity contribution >= 4 is 11.7 Å². The van der Waals surface area contributed by atoms with Gasteiger partial charge < -0.3 is 19.8 Å². The van der Waals surface area contributed by atoms with E-state index in [1.54, 1.807) is 19.2 Å². The zero-order chi connectivity index (χ0) is 13.5. The van der Waals surface area contributed by atoms with Crippen molar-refractivity contribution in [2.75, 3.05) is 38.3 Å². The molecule has 0 amide bonds. The van der Waals surface area contributed by atoms with Crippen molar-refractivity contribution < 1.29 is 19.7 Å². The number of aromatic carboxylic acids is 1. The van der Waals surface area contributed by atoms with Gasteiger partial charge in [-0.2, -0.15) is 0 Å². The Balaban J connectivity index is 3.05. The number of aliphatic hydroxyl groups is 1. The fourth-order valence-corrected chi connectivity index (χ4v) is 1.77. The van der Waals surface area contributed by atoms with Crippen LogP contribution in [0.1, 0.15) is 15.9 Å². The van der Waals surface area contributed by atoms with E-state index in [1.165, 1.54) is 0 Å². The molecule has 2 N–H and O–H groups in total. The fourth-order valence-electron chi connectivity index (χ4n) is 1.77. The highest BCUT2D eigenvalue weighted by atomic mass is 16.5. The molecule has 0 aliphatic rings. The first kappa shape index (κ1) is 14.5. The van der Waals surface area contributed by atoms with Gasteiger partial charge in [-0.25, -0.2) is 4.79 Å². The van der Waals surface area contributed by atoms with E-state index in [1.807, 2.05) is 17.9 Å². The second kappa shape index (κ2) is 6.98. The molecule has 1 aromatic carbocycles. The summed E-state index contributed by atoms with van der Waals surface area (Å²) < 4.78 is 4.99. The number of nitrogens with zero attached hydrogens (tertiary/aromatic N) is 1. The fraction of sp³-hybridized carbons (Fsp3) is 0.462. The minimum absolute atomic E-state index is 0.0311. The van der Waals surface area contributed by atoms with E-state index >= 15 is 0 Å².